The molecule has 1 nitrogen and oxygen atoms in total. The highest BCUT2D eigenvalue weighted by Crippen LogP contribution is 2.25. The molecule has 0 bridgehead atoms. The fraction of sp³-hybridized carbons (Fsp3) is 0.556. The van der Waals surface area contributed by atoms with E-state index in [0.717, 1.165) is 5.57 Å². The van der Waals surface area contributed by atoms with Crippen molar-refractivity contribution in [1.82, 2.24) is 4.31 Å². The Kier molecular flexibility index (Phi) is 5.30. The molecule has 0 radical (unpaired) electrons. The molecular formula is C9H14INS. The average Bonchev–Trinajstić information content (AvgIpc) is 1.99. The maximum atomic E-state index is 3.74. The van der Waals surface area contributed by atoms with Gasteiger partial charge in [0.25, 0.3) is 0 Å². The molecule has 0 saturated carbocycles. The van der Waals surface area contributed by atoms with Gasteiger partial charge in [0.05, 0.1) is 5.54 Å². The van der Waals surface area contributed by atoms with E-state index in [2.05, 4.69) is 57.8 Å². The van der Waals surface area contributed by atoms with Crippen LogP contribution in [0.15, 0.2) is 12.2 Å². The average molecular weight is 295 g/mol. The predicted octanol–water partition coefficient (Wildman–Crippen LogP) is 3.27. The van der Waals surface area contributed by atoms with E-state index >= 15 is 0 Å². The van der Waals surface area contributed by atoms with E-state index in [-0.39, 0.29) is 5.54 Å². The first-order valence-electron chi connectivity index (χ1n) is 3.61. The van der Waals surface area contributed by atoms with Crippen LogP contribution in [-0.4, -0.2) is 16.9 Å². The van der Waals surface area contributed by atoms with Crippen molar-refractivity contribution in [2.75, 3.05) is 7.05 Å². The Hall–Kier alpha value is 0.340. The lowest BCUT2D eigenvalue weighted by Gasteiger charge is -2.27. The molecule has 0 heterocycles. The van der Waals surface area contributed by atoms with Crippen molar-refractivity contribution in [3.63, 3.8) is 0 Å². The summed E-state index contributed by atoms with van der Waals surface area (Å²) in [6, 6.07) is 0. The minimum absolute atomic E-state index is 0.0925. The van der Waals surface area contributed by atoms with E-state index in [1.807, 2.05) is 14.0 Å². The topological polar surface area (TPSA) is 3.24 Å². The van der Waals surface area contributed by atoms with Crippen LogP contribution in [-0.2, 0) is 0 Å². The third kappa shape index (κ3) is 4.39. The van der Waals surface area contributed by atoms with Crippen LogP contribution in [0.5, 0.6) is 0 Å². The molecule has 0 N–H and O–H groups in total. The standard InChI is InChI=1S/C9H14INS/c1-8(2)6-7-9(3,4)11(5)12-10/h1H2,2-5H3. The minimum atomic E-state index is -0.0925. The molecule has 0 unspecified atom stereocenters. The van der Waals surface area contributed by atoms with Crippen molar-refractivity contribution in [3.05, 3.63) is 12.2 Å². The lowest BCUT2D eigenvalue weighted by atomic mass is 10.1. The van der Waals surface area contributed by atoms with Gasteiger partial charge in [0.15, 0.2) is 0 Å². The van der Waals surface area contributed by atoms with Crippen LogP contribution in [0.2, 0.25) is 0 Å². The van der Waals surface area contributed by atoms with Gasteiger partial charge in [0, 0.05) is 21.2 Å². The third-order valence-corrected chi connectivity index (χ3v) is 3.91. The largest absolute Gasteiger partial charge is 0.228 e. The second-order valence-corrected chi connectivity index (χ2v) is 5.02. The van der Waals surface area contributed by atoms with E-state index in [1.54, 1.807) is 9.12 Å². The second kappa shape index (κ2) is 5.15. The quantitative estimate of drug-likeness (QED) is 0.437. The van der Waals surface area contributed by atoms with E-state index in [9.17, 15) is 0 Å². The number of nitrogens with zero attached hydrogens (tertiary/aromatic N) is 1. The number of hydrogen-bond donors (Lipinski definition) is 0. The summed E-state index contributed by atoms with van der Waals surface area (Å²) in [5, 5.41) is 0. The normalized spacial score (nSPS) is 10.8. The van der Waals surface area contributed by atoms with Gasteiger partial charge in [-0.1, -0.05) is 18.4 Å². The molecule has 68 valence electrons. The first kappa shape index (κ1) is 12.3. The lowest BCUT2D eigenvalue weighted by molar-refractivity contribution is 0.381. The van der Waals surface area contributed by atoms with Crippen LogP contribution in [0, 0.1) is 11.8 Å². The second-order valence-electron chi connectivity index (χ2n) is 3.16. The fourth-order valence-corrected chi connectivity index (χ4v) is 2.12. The summed E-state index contributed by atoms with van der Waals surface area (Å²) in [6.07, 6.45) is 0. The summed E-state index contributed by atoms with van der Waals surface area (Å²) >= 11 is 2.25. The molecule has 0 saturated heterocycles. The smallest absolute Gasteiger partial charge is 0.0871 e. The molecule has 0 spiro atoms. The summed E-state index contributed by atoms with van der Waals surface area (Å²) in [4.78, 5) is 0. The van der Waals surface area contributed by atoms with Crippen LogP contribution >= 0.6 is 30.3 Å². The number of hydrogen-bond acceptors (Lipinski definition) is 2. The molecular weight excluding hydrogens is 281 g/mol. The van der Waals surface area contributed by atoms with E-state index < -0.39 is 0 Å². The highest BCUT2D eigenvalue weighted by Gasteiger charge is 2.20. The number of rotatable bonds is 2. The molecule has 0 aromatic heterocycles. The van der Waals surface area contributed by atoms with E-state index in [1.165, 1.54) is 0 Å². The van der Waals surface area contributed by atoms with E-state index in [4.69, 9.17) is 0 Å². The van der Waals surface area contributed by atoms with Crippen molar-refractivity contribution in [2.24, 2.45) is 0 Å². The molecule has 0 aliphatic carbocycles. The van der Waals surface area contributed by atoms with Crippen molar-refractivity contribution < 1.29 is 0 Å². The van der Waals surface area contributed by atoms with Crippen LogP contribution < -0.4 is 0 Å². The maximum absolute atomic E-state index is 3.74. The van der Waals surface area contributed by atoms with Crippen molar-refractivity contribution in [2.45, 2.75) is 26.3 Å². The summed E-state index contributed by atoms with van der Waals surface area (Å²) in [7, 11) is 3.69. The lowest BCUT2D eigenvalue weighted by Crippen LogP contribution is -2.33. The van der Waals surface area contributed by atoms with Crippen LogP contribution in [0.25, 0.3) is 0 Å². The highest BCUT2D eigenvalue weighted by atomic mass is 127. The number of halogens is 1. The molecule has 0 aromatic rings. The molecule has 0 fully saturated rings. The maximum Gasteiger partial charge on any atom is 0.0871 e. The molecule has 0 aliphatic rings. The molecule has 0 aromatic carbocycles. The van der Waals surface area contributed by atoms with Crippen molar-refractivity contribution >= 4 is 30.3 Å². The van der Waals surface area contributed by atoms with Gasteiger partial charge < -0.3 is 0 Å². The summed E-state index contributed by atoms with van der Waals surface area (Å²) in [6.45, 7) is 9.84. The van der Waals surface area contributed by atoms with Crippen LogP contribution in [0.1, 0.15) is 20.8 Å². The monoisotopic (exact) mass is 295 g/mol. The zero-order chi connectivity index (χ0) is 9.78. The Labute approximate surface area is 91.7 Å². The SMILES string of the molecule is C=C(C)C#CC(C)(C)N(C)SI. The Bertz CT molecular complexity index is 224. The van der Waals surface area contributed by atoms with Gasteiger partial charge in [-0.3, -0.25) is 0 Å². The van der Waals surface area contributed by atoms with Crippen LogP contribution in [0.3, 0.4) is 0 Å². The third-order valence-electron chi connectivity index (χ3n) is 1.47. The van der Waals surface area contributed by atoms with Gasteiger partial charge in [-0.2, -0.15) is 0 Å². The molecule has 12 heavy (non-hydrogen) atoms. The Morgan fingerprint density at radius 3 is 2.42 bits per heavy atom. The molecule has 0 amide bonds. The van der Waals surface area contributed by atoms with Gasteiger partial charge >= 0.3 is 0 Å². The zero-order valence-corrected chi connectivity index (χ0v) is 10.9. The first-order chi connectivity index (χ1) is 5.40. The summed E-state index contributed by atoms with van der Waals surface area (Å²) in [5.74, 6) is 6.16. The molecule has 0 aliphatic heterocycles. The van der Waals surface area contributed by atoms with Crippen molar-refractivity contribution in [1.29, 1.82) is 0 Å². The van der Waals surface area contributed by atoms with E-state index in [0.29, 0.717) is 0 Å². The Morgan fingerprint density at radius 1 is 1.58 bits per heavy atom. The zero-order valence-electron chi connectivity index (χ0n) is 7.94. The Balaban J connectivity index is 4.44. The number of allylic oxidation sites excluding steroid dienone is 1. The Morgan fingerprint density at radius 2 is 2.08 bits per heavy atom. The molecule has 3 heteroatoms. The molecule has 0 rings (SSSR count). The summed E-state index contributed by atoms with van der Waals surface area (Å²) < 4.78 is 2.11. The highest BCUT2D eigenvalue weighted by molar-refractivity contribution is 14.2. The van der Waals surface area contributed by atoms with Gasteiger partial charge in [-0.15, -0.1) is 0 Å². The van der Waals surface area contributed by atoms with Gasteiger partial charge in [0.2, 0.25) is 0 Å². The minimum Gasteiger partial charge on any atom is -0.228 e. The van der Waals surface area contributed by atoms with Crippen molar-refractivity contribution in [3.8, 4) is 11.8 Å². The predicted molar refractivity (Wildman–Crippen MR) is 66.0 cm³/mol. The van der Waals surface area contributed by atoms with Gasteiger partial charge in [0.1, 0.15) is 0 Å². The fourth-order valence-electron chi connectivity index (χ4n) is 0.425. The summed E-state index contributed by atoms with van der Waals surface area (Å²) in [5.41, 5.74) is 0.820. The van der Waals surface area contributed by atoms with Gasteiger partial charge in [-0.05, 0) is 42.5 Å². The molecule has 0 atom stereocenters. The first-order valence-corrected chi connectivity index (χ1v) is 6.93. The van der Waals surface area contributed by atoms with Crippen LogP contribution in [0.4, 0.5) is 0 Å². The van der Waals surface area contributed by atoms with Gasteiger partial charge in [-0.25, -0.2) is 4.31 Å².